The van der Waals surface area contributed by atoms with Gasteiger partial charge in [-0.25, -0.2) is 0 Å². The zero-order chi connectivity index (χ0) is 19.5. The maximum absolute atomic E-state index is 5.87. The van der Waals surface area contributed by atoms with E-state index in [0.717, 1.165) is 37.5 Å². The van der Waals surface area contributed by atoms with Gasteiger partial charge in [0.15, 0.2) is 0 Å². The summed E-state index contributed by atoms with van der Waals surface area (Å²) in [5.74, 6) is 2.13. The summed E-state index contributed by atoms with van der Waals surface area (Å²) in [6.45, 7) is 9.27. The maximum Gasteiger partial charge on any atom is 0.241 e. The van der Waals surface area contributed by atoms with Gasteiger partial charge in [0.1, 0.15) is 5.75 Å². The number of rotatable bonds is 5. The highest BCUT2D eigenvalue weighted by Gasteiger charge is 2.30. The van der Waals surface area contributed by atoms with Crippen LogP contribution in [0.1, 0.15) is 32.6 Å². The minimum Gasteiger partial charge on any atom is -0.497 e. The highest BCUT2D eigenvalue weighted by Crippen LogP contribution is 2.23. The van der Waals surface area contributed by atoms with E-state index < -0.39 is 0 Å². The molecule has 0 amide bonds. The third kappa shape index (κ3) is 4.54. The van der Waals surface area contributed by atoms with Gasteiger partial charge in [-0.1, -0.05) is 5.16 Å². The summed E-state index contributed by atoms with van der Waals surface area (Å²) >= 11 is 0. The van der Waals surface area contributed by atoms with Crippen LogP contribution in [0.2, 0.25) is 0 Å². The van der Waals surface area contributed by atoms with Gasteiger partial charge >= 0.3 is 0 Å². The summed E-state index contributed by atoms with van der Waals surface area (Å²) in [5, 5.41) is 4.14. The van der Waals surface area contributed by atoms with Crippen molar-refractivity contribution in [2.45, 2.75) is 51.5 Å². The molecule has 2 atom stereocenters. The van der Waals surface area contributed by atoms with E-state index in [1.165, 1.54) is 12.8 Å². The van der Waals surface area contributed by atoms with Gasteiger partial charge in [0, 0.05) is 37.8 Å². The van der Waals surface area contributed by atoms with Crippen molar-refractivity contribution in [1.29, 1.82) is 0 Å². The van der Waals surface area contributed by atoms with E-state index in [9.17, 15) is 0 Å². The number of piperidine rings is 1. The molecule has 28 heavy (non-hydrogen) atoms. The van der Waals surface area contributed by atoms with Gasteiger partial charge in [-0.05, 0) is 51.0 Å². The van der Waals surface area contributed by atoms with Crippen molar-refractivity contribution in [2.24, 2.45) is 0 Å². The van der Waals surface area contributed by atoms with Crippen LogP contribution in [-0.4, -0.2) is 71.5 Å². The van der Waals surface area contributed by atoms with E-state index >= 15 is 0 Å². The third-order valence-corrected chi connectivity index (χ3v) is 5.70. The lowest BCUT2D eigenvalue weighted by molar-refractivity contribution is -0.0867. The lowest BCUT2D eigenvalue weighted by Gasteiger charge is -2.43. The van der Waals surface area contributed by atoms with E-state index in [2.05, 4.69) is 33.8 Å². The number of hydrogen-bond donors (Lipinski definition) is 0. The molecule has 0 saturated carbocycles. The molecule has 4 rings (SSSR count). The number of morpholine rings is 1. The second kappa shape index (κ2) is 8.59. The summed E-state index contributed by atoms with van der Waals surface area (Å²) in [7, 11) is 1.66. The first-order chi connectivity index (χ1) is 13.6. The molecule has 0 spiro atoms. The monoisotopic (exact) mass is 386 g/mol. The fourth-order valence-corrected chi connectivity index (χ4v) is 4.33. The van der Waals surface area contributed by atoms with Crippen LogP contribution in [0.15, 0.2) is 28.8 Å². The van der Waals surface area contributed by atoms with Gasteiger partial charge < -0.3 is 14.0 Å². The lowest BCUT2D eigenvalue weighted by Crippen LogP contribution is -2.53. The molecule has 152 valence electrons. The van der Waals surface area contributed by atoms with Gasteiger partial charge in [0.05, 0.1) is 25.9 Å². The molecule has 0 unspecified atom stereocenters. The predicted molar refractivity (Wildman–Crippen MR) is 106 cm³/mol. The van der Waals surface area contributed by atoms with Crippen molar-refractivity contribution in [1.82, 2.24) is 19.9 Å². The Morgan fingerprint density at radius 3 is 2.39 bits per heavy atom. The fourth-order valence-electron chi connectivity index (χ4n) is 4.33. The smallest absolute Gasteiger partial charge is 0.241 e. The normalized spacial score (nSPS) is 25.1. The van der Waals surface area contributed by atoms with Gasteiger partial charge in [-0.15, -0.1) is 0 Å². The molecule has 2 saturated heterocycles. The van der Waals surface area contributed by atoms with Crippen LogP contribution in [0.4, 0.5) is 0 Å². The maximum atomic E-state index is 5.87. The minimum atomic E-state index is 0.330. The molecular weight excluding hydrogens is 356 g/mol. The highest BCUT2D eigenvalue weighted by molar-refractivity contribution is 5.55. The molecule has 0 N–H and O–H groups in total. The Labute approximate surface area is 166 Å². The van der Waals surface area contributed by atoms with Crippen LogP contribution in [-0.2, 0) is 11.3 Å². The number of ether oxygens (including phenoxy) is 2. The van der Waals surface area contributed by atoms with Crippen LogP contribution >= 0.6 is 0 Å². The zero-order valence-electron chi connectivity index (χ0n) is 17.0. The standard InChI is InChI=1S/C21H30N4O3/c1-15-12-25(13-16(2)27-15)18-8-10-24(11-9-18)14-20-22-21(23-28-20)17-4-6-19(26-3)7-5-17/h4-7,15-16,18H,8-14H2,1-3H3/t15-,16+. The molecule has 2 aliphatic rings. The second-order valence-electron chi connectivity index (χ2n) is 7.96. The Hall–Kier alpha value is -1.96. The Morgan fingerprint density at radius 2 is 1.75 bits per heavy atom. The van der Waals surface area contributed by atoms with Crippen molar-refractivity contribution >= 4 is 0 Å². The number of benzene rings is 1. The van der Waals surface area contributed by atoms with Crippen molar-refractivity contribution in [3.05, 3.63) is 30.2 Å². The van der Waals surface area contributed by atoms with Gasteiger partial charge in [-0.2, -0.15) is 4.98 Å². The van der Waals surface area contributed by atoms with Gasteiger partial charge in [-0.3, -0.25) is 9.80 Å². The summed E-state index contributed by atoms with van der Waals surface area (Å²) in [5.41, 5.74) is 0.935. The molecule has 1 aromatic carbocycles. The minimum absolute atomic E-state index is 0.330. The molecule has 0 aliphatic carbocycles. The topological polar surface area (TPSA) is 63.9 Å². The molecule has 3 heterocycles. The first-order valence-corrected chi connectivity index (χ1v) is 10.2. The second-order valence-corrected chi connectivity index (χ2v) is 7.96. The quantitative estimate of drug-likeness (QED) is 0.783. The summed E-state index contributed by atoms with van der Waals surface area (Å²) in [6, 6.07) is 8.36. The SMILES string of the molecule is COc1ccc(-c2noc(CN3CCC(N4C[C@@H](C)O[C@@H](C)C4)CC3)n2)cc1. The number of hydrogen-bond acceptors (Lipinski definition) is 7. The largest absolute Gasteiger partial charge is 0.497 e. The first kappa shape index (κ1) is 19.4. The number of nitrogens with zero attached hydrogens (tertiary/aromatic N) is 4. The molecule has 1 aromatic heterocycles. The van der Waals surface area contributed by atoms with Crippen molar-refractivity contribution in [3.63, 3.8) is 0 Å². The van der Waals surface area contributed by atoms with Crippen molar-refractivity contribution < 1.29 is 14.0 Å². The number of methoxy groups -OCH3 is 1. The van der Waals surface area contributed by atoms with E-state index in [-0.39, 0.29) is 0 Å². The Morgan fingerprint density at radius 1 is 1.07 bits per heavy atom. The van der Waals surface area contributed by atoms with Crippen molar-refractivity contribution in [2.75, 3.05) is 33.3 Å². The van der Waals surface area contributed by atoms with Crippen LogP contribution in [0.3, 0.4) is 0 Å². The molecule has 0 bridgehead atoms. The van der Waals surface area contributed by atoms with Crippen LogP contribution < -0.4 is 4.74 Å². The molecule has 2 fully saturated rings. The van der Waals surface area contributed by atoms with E-state index in [1.54, 1.807) is 7.11 Å². The molecular formula is C21H30N4O3. The Balaban J connectivity index is 1.30. The molecule has 2 aliphatic heterocycles. The number of aromatic nitrogens is 2. The summed E-state index contributed by atoms with van der Waals surface area (Å²) in [4.78, 5) is 9.60. The molecule has 2 aromatic rings. The predicted octanol–water partition coefficient (Wildman–Crippen LogP) is 2.82. The number of likely N-dealkylation sites (tertiary alicyclic amines) is 1. The molecule has 7 nitrogen and oxygen atoms in total. The van der Waals surface area contributed by atoms with E-state index in [1.807, 2.05) is 24.3 Å². The Bertz CT molecular complexity index is 745. The van der Waals surface area contributed by atoms with Gasteiger partial charge in [0.25, 0.3) is 0 Å². The zero-order valence-corrected chi connectivity index (χ0v) is 17.0. The fraction of sp³-hybridized carbons (Fsp3) is 0.619. The average Bonchev–Trinajstić information content (AvgIpc) is 3.16. The van der Waals surface area contributed by atoms with E-state index in [0.29, 0.717) is 36.5 Å². The summed E-state index contributed by atoms with van der Waals surface area (Å²) in [6.07, 6.45) is 3.02. The average molecular weight is 386 g/mol. The molecule has 7 heteroatoms. The first-order valence-electron chi connectivity index (χ1n) is 10.2. The lowest BCUT2D eigenvalue weighted by atomic mass is 10.0. The Kier molecular flexibility index (Phi) is 5.94. The summed E-state index contributed by atoms with van der Waals surface area (Å²) < 4.78 is 16.6. The molecule has 0 radical (unpaired) electrons. The van der Waals surface area contributed by atoms with Crippen molar-refractivity contribution in [3.8, 4) is 17.1 Å². The van der Waals surface area contributed by atoms with E-state index in [4.69, 9.17) is 14.0 Å². The van der Waals surface area contributed by atoms with Crippen LogP contribution in [0.5, 0.6) is 5.75 Å². The van der Waals surface area contributed by atoms with Crippen LogP contribution in [0.25, 0.3) is 11.4 Å². The highest BCUT2D eigenvalue weighted by atomic mass is 16.5. The third-order valence-electron chi connectivity index (χ3n) is 5.70. The van der Waals surface area contributed by atoms with Gasteiger partial charge in [0.2, 0.25) is 11.7 Å². The van der Waals surface area contributed by atoms with Crippen LogP contribution in [0, 0.1) is 0 Å².